The van der Waals surface area contributed by atoms with Crippen molar-refractivity contribution >= 4 is 28.0 Å². The lowest BCUT2D eigenvalue weighted by atomic mass is 10.1. The molecule has 5 aromatic rings. The van der Waals surface area contributed by atoms with Gasteiger partial charge in [0.05, 0.1) is 36.9 Å². The zero-order chi connectivity index (χ0) is 22.8. The van der Waals surface area contributed by atoms with Gasteiger partial charge in [0.25, 0.3) is 5.56 Å². The van der Waals surface area contributed by atoms with Gasteiger partial charge in [-0.05, 0) is 78.4 Å². The summed E-state index contributed by atoms with van der Waals surface area (Å²) in [7, 11) is 3.22. The maximum Gasteiger partial charge on any atom is 0.282 e. The maximum atomic E-state index is 13.6. The van der Waals surface area contributed by atoms with Crippen molar-refractivity contribution in [3.63, 3.8) is 0 Å². The first-order valence-electron chi connectivity index (χ1n) is 10.3. The second-order valence-electron chi connectivity index (χ2n) is 7.33. The molecule has 7 heteroatoms. The highest BCUT2D eigenvalue weighted by molar-refractivity contribution is 6.03. The Labute approximate surface area is 189 Å². The highest BCUT2D eigenvalue weighted by Crippen LogP contribution is 2.25. The van der Waals surface area contributed by atoms with Crippen LogP contribution in [0.4, 0.5) is 0 Å². The first-order valence-corrected chi connectivity index (χ1v) is 10.3. The molecule has 162 valence electrons. The number of aromatic nitrogens is 3. The molecule has 0 fully saturated rings. The molecular weight excluding hydrogens is 416 g/mol. The van der Waals surface area contributed by atoms with Crippen molar-refractivity contribution in [2.24, 2.45) is 5.10 Å². The number of hydrogen-bond donors (Lipinski definition) is 0. The van der Waals surface area contributed by atoms with Crippen LogP contribution in [0.3, 0.4) is 0 Å². The van der Waals surface area contributed by atoms with Gasteiger partial charge in [0, 0.05) is 17.1 Å². The topological polar surface area (TPSA) is 78.6 Å². The Morgan fingerprint density at radius 1 is 0.848 bits per heavy atom. The highest BCUT2D eigenvalue weighted by atomic mass is 16.5. The summed E-state index contributed by atoms with van der Waals surface area (Å²) in [5.74, 6) is 1.89. The summed E-state index contributed by atoms with van der Waals surface area (Å²) in [6.07, 6.45) is 3.35. The van der Waals surface area contributed by atoms with E-state index in [-0.39, 0.29) is 5.56 Å². The summed E-state index contributed by atoms with van der Waals surface area (Å²) in [6, 6.07) is 22.1. The van der Waals surface area contributed by atoms with Gasteiger partial charge in [-0.2, -0.15) is 9.78 Å². The van der Waals surface area contributed by atoms with E-state index >= 15 is 0 Å². The molecular formula is C26H20N4O3. The molecule has 0 saturated carbocycles. The maximum absolute atomic E-state index is 13.6. The van der Waals surface area contributed by atoms with Gasteiger partial charge in [-0.25, -0.2) is 4.98 Å². The van der Waals surface area contributed by atoms with Crippen LogP contribution < -0.4 is 15.0 Å². The largest absolute Gasteiger partial charge is 0.497 e. The minimum absolute atomic E-state index is 0.263. The minimum Gasteiger partial charge on any atom is -0.497 e. The number of pyridine rings is 1. The third-order valence-electron chi connectivity index (χ3n) is 5.38. The molecule has 0 unspecified atom stereocenters. The smallest absolute Gasteiger partial charge is 0.282 e. The lowest BCUT2D eigenvalue weighted by molar-refractivity contribution is 0.414. The van der Waals surface area contributed by atoms with Crippen LogP contribution in [-0.4, -0.2) is 35.1 Å². The lowest BCUT2D eigenvalue weighted by Gasteiger charge is -2.11. The number of ether oxygens (including phenoxy) is 2. The Morgan fingerprint density at radius 3 is 2.24 bits per heavy atom. The van der Waals surface area contributed by atoms with Crippen LogP contribution in [0.5, 0.6) is 11.5 Å². The molecule has 5 rings (SSSR count). The second kappa shape index (κ2) is 8.55. The predicted octanol–water partition coefficient (Wildman–Crippen LogP) is 4.51. The van der Waals surface area contributed by atoms with Crippen molar-refractivity contribution in [1.82, 2.24) is 14.6 Å². The van der Waals surface area contributed by atoms with E-state index in [9.17, 15) is 4.79 Å². The Hall–Kier alpha value is -4.52. The monoisotopic (exact) mass is 436 g/mol. The van der Waals surface area contributed by atoms with E-state index in [0.717, 1.165) is 27.8 Å². The van der Waals surface area contributed by atoms with Crippen molar-refractivity contribution in [2.45, 2.75) is 0 Å². The first-order chi connectivity index (χ1) is 16.2. The Bertz CT molecular complexity index is 1540. The summed E-state index contributed by atoms with van der Waals surface area (Å²) >= 11 is 0. The van der Waals surface area contributed by atoms with Crippen LogP contribution in [0, 0.1) is 0 Å². The summed E-state index contributed by atoms with van der Waals surface area (Å²) in [6.45, 7) is 0. The van der Waals surface area contributed by atoms with Gasteiger partial charge in [0.15, 0.2) is 5.82 Å². The van der Waals surface area contributed by atoms with Crippen molar-refractivity contribution in [3.05, 3.63) is 94.9 Å². The van der Waals surface area contributed by atoms with Crippen molar-refractivity contribution in [2.75, 3.05) is 14.2 Å². The van der Waals surface area contributed by atoms with E-state index < -0.39 is 0 Å². The van der Waals surface area contributed by atoms with Gasteiger partial charge in [-0.3, -0.25) is 9.78 Å². The van der Waals surface area contributed by atoms with Crippen molar-refractivity contribution < 1.29 is 9.47 Å². The van der Waals surface area contributed by atoms with Gasteiger partial charge in [0.2, 0.25) is 0 Å². The number of fused-ring (bicyclic) bond motifs is 3. The molecule has 7 nitrogen and oxygen atoms in total. The van der Waals surface area contributed by atoms with Gasteiger partial charge >= 0.3 is 0 Å². The lowest BCUT2D eigenvalue weighted by Crippen LogP contribution is -2.20. The number of rotatable bonds is 5. The summed E-state index contributed by atoms with van der Waals surface area (Å²) in [5, 5.41) is 5.79. The average Bonchev–Trinajstić information content (AvgIpc) is 2.88. The normalized spacial score (nSPS) is 11.3. The summed E-state index contributed by atoms with van der Waals surface area (Å²) < 4.78 is 11.8. The van der Waals surface area contributed by atoms with Crippen LogP contribution in [0.15, 0.2) is 88.9 Å². The third-order valence-corrected chi connectivity index (χ3v) is 5.38. The third kappa shape index (κ3) is 3.80. The van der Waals surface area contributed by atoms with E-state index in [4.69, 9.17) is 14.5 Å². The van der Waals surface area contributed by atoms with E-state index in [1.54, 1.807) is 32.7 Å². The van der Waals surface area contributed by atoms with Crippen LogP contribution in [0.1, 0.15) is 5.56 Å². The quantitative estimate of drug-likeness (QED) is 0.299. The molecule has 0 amide bonds. The Morgan fingerprint density at radius 2 is 1.55 bits per heavy atom. The molecule has 0 atom stereocenters. The molecule has 0 spiro atoms. The molecule has 0 N–H and O–H groups in total. The zero-order valence-electron chi connectivity index (χ0n) is 18.1. The highest BCUT2D eigenvalue weighted by Gasteiger charge is 2.15. The SMILES string of the molecule is COc1ccc(/C=N/n2c(-c3ccc(OC)cc3)nc3c(ccc4ncccc43)c2=O)cc1. The van der Waals surface area contributed by atoms with Gasteiger partial charge < -0.3 is 9.47 Å². The molecule has 0 radical (unpaired) electrons. The second-order valence-corrected chi connectivity index (χ2v) is 7.33. The van der Waals surface area contributed by atoms with E-state index in [0.29, 0.717) is 22.5 Å². The minimum atomic E-state index is -0.263. The summed E-state index contributed by atoms with van der Waals surface area (Å²) in [5.41, 5.74) is 2.67. The van der Waals surface area contributed by atoms with Gasteiger partial charge in [-0.15, -0.1) is 0 Å². The Kier molecular flexibility index (Phi) is 5.28. The van der Waals surface area contributed by atoms with Crippen molar-refractivity contribution in [1.29, 1.82) is 0 Å². The zero-order valence-corrected chi connectivity index (χ0v) is 18.1. The molecule has 0 aliphatic carbocycles. The molecule has 33 heavy (non-hydrogen) atoms. The fourth-order valence-electron chi connectivity index (χ4n) is 3.64. The molecule has 2 aromatic heterocycles. The number of benzene rings is 3. The van der Waals surface area contributed by atoms with Gasteiger partial charge in [-0.1, -0.05) is 0 Å². The fraction of sp³-hybridized carbons (Fsp3) is 0.0769. The number of hydrogen-bond acceptors (Lipinski definition) is 6. The molecule has 3 aromatic carbocycles. The van der Waals surface area contributed by atoms with Crippen molar-refractivity contribution in [3.8, 4) is 22.9 Å². The summed E-state index contributed by atoms with van der Waals surface area (Å²) in [4.78, 5) is 22.8. The molecule has 0 aliphatic heterocycles. The van der Waals surface area contributed by atoms with Crippen LogP contribution in [0.2, 0.25) is 0 Å². The van der Waals surface area contributed by atoms with Crippen LogP contribution >= 0.6 is 0 Å². The van der Waals surface area contributed by atoms with Crippen LogP contribution in [0.25, 0.3) is 33.2 Å². The fourth-order valence-corrected chi connectivity index (χ4v) is 3.64. The number of nitrogens with zero attached hydrogens (tertiary/aromatic N) is 4. The predicted molar refractivity (Wildman–Crippen MR) is 129 cm³/mol. The van der Waals surface area contributed by atoms with E-state index in [2.05, 4.69) is 10.1 Å². The molecule has 0 bridgehead atoms. The number of methoxy groups -OCH3 is 2. The van der Waals surface area contributed by atoms with Crippen LogP contribution in [-0.2, 0) is 0 Å². The van der Waals surface area contributed by atoms with E-state index in [1.165, 1.54) is 4.68 Å². The first kappa shape index (κ1) is 20.4. The molecule has 0 saturated heterocycles. The molecule has 2 heterocycles. The van der Waals surface area contributed by atoms with E-state index in [1.807, 2.05) is 66.7 Å². The molecule has 0 aliphatic rings. The Balaban J connectivity index is 1.74. The average molecular weight is 436 g/mol. The standard InChI is InChI=1S/C26H20N4O3/c1-32-19-9-5-17(6-10-19)16-28-30-25(18-7-11-20(33-2)12-8-18)29-24-21-4-3-15-27-23(21)14-13-22(24)26(30)31/h3-16H,1-2H3/b28-16+. The van der Waals surface area contributed by atoms with Gasteiger partial charge in [0.1, 0.15) is 11.5 Å².